The lowest BCUT2D eigenvalue weighted by Crippen LogP contribution is -2.23. The number of aryl methyl sites for hydroxylation is 1. The largest absolute Gasteiger partial charge is 0.360 e. The van der Waals surface area contributed by atoms with Crippen LogP contribution in [0.25, 0.3) is 28.0 Å². The zero-order valence-electron chi connectivity index (χ0n) is 16.0. The second-order valence-electron chi connectivity index (χ2n) is 6.81. The molecular weight excluding hydrogens is 370 g/mol. The first-order chi connectivity index (χ1) is 13.5. The number of thioether (sulfide) groups is 1. The Labute approximate surface area is 167 Å². The highest BCUT2D eigenvalue weighted by atomic mass is 32.2. The van der Waals surface area contributed by atoms with Crippen LogP contribution in [0.1, 0.15) is 5.56 Å². The summed E-state index contributed by atoms with van der Waals surface area (Å²) in [4.78, 5) is 17.0. The van der Waals surface area contributed by atoms with Crippen LogP contribution in [-0.2, 0) is 4.79 Å². The number of amides is 1. The van der Waals surface area contributed by atoms with E-state index in [-0.39, 0.29) is 5.91 Å². The molecule has 6 nitrogen and oxygen atoms in total. The molecule has 2 heterocycles. The number of carbonyl (C=O) groups excluding carboxylic acids is 1. The van der Waals surface area contributed by atoms with Crippen molar-refractivity contribution in [1.29, 1.82) is 0 Å². The fourth-order valence-corrected chi connectivity index (χ4v) is 3.98. The molecule has 1 N–H and O–H groups in total. The summed E-state index contributed by atoms with van der Waals surface area (Å²) in [6.07, 6.45) is 1.96. The zero-order valence-corrected chi connectivity index (χ0v) is 16.8. The maximum absolute atomic E-state index is 12.1. The SMILES string of the molecule is Cc1cccc(-n2c(SCC(=O)N(C)C)nnc2-c2c[nH]c3ccccc23)c1. The molecule has 142 valence electrons. The Kier molecular flexibility index (Phi) is 4.92. The molecule has 0 fully saturated rings. The van der Waals surface area contributed by atoms with Gasteiger partial charge in [-0.25, -0.2) is 0 Å². The number of aromatic amines is 1. The molecule has 7 heteroatoms. The monoisotopic (exact) mass is 391 g/mol. The Morgan fingerprint density at radius 3 is 2.75 bits per heavy atom. The molecular formula is C21H21N5OS. The minimum absolute atomic E-state index is 0.0393. The van der Waals surface area contributed by atoms with Crippen LogP contribution >= 0.6 is 11.8 Å². The lowest BCUT2D eigenvalue weighted by atomic mass is 10.1. The summed E-state index contributed by atoms with van der Waals surface area (Å²) in [5, 5.41) is 10.7. The van der Waals surface area contributed by atoms with Crippen molar-refractivity contribution in [3.8, 4) is 17.1 Å². The van der Waals surface area contributed by atoms with Gasteiger partial charge in [0.25, 0.3) is 0 Å². The first kappa shape index (κ1) is 18.3. The van der Waals surface area contributed by atoms with Gasteiger partial charge in [-0.15, -0.1) is 10.2 Å². The highest BCUT2D eigenvalue weighted by Crippen LogP contribution is 2.32. The topological polar surface area (TPSA) is 66.8 Å². The van der Waals surface area contributed by atoms with Gasteiger partial charge in [-0.1, -0.05) is 42.1 Å². The first-order valence-electron chi connectivity index (χ1n) is 8.96. The van der Waals surface area contributed by atoms with Crippen molar-refractivity contribution < 1.29 is 4.79 Å². The number of hydrogen-bond acceptors (Lipinski definition) is 4. The van der Waals surface area contributed by atoms with E-state index in [1.165, 1.54) is 11.8 Å². The van der Waals surface area contributed by atoms with Crippen LogP contribution in [0.4, 0.5) is 0 Å². The highest BCUT2D eigenvalue weighted by Gasteiger charge is 2.20. The van der Waals surface area contributed by atoms with Crippen molar-refractivity contribution >= 4 is 28.6 Å². The van der Waals surface area contributed by atoms with Gasteiger partial charge >= 0.3 is 0 Å². The molecule has 0 bridgehead atoms. The molecule has 0 radical (unpaired) electrons. The van der Waals surface area contributed by atoms with Crippen molar-refractivity contribution in [2.24, 2.45) is 0 Å². The van der Waals surface area contributed by atoms with E-state index >= 15 is 0 Å². The highest BCUT2D eigenvalue weighted by molar-refractivity contribution is 7.99. The smallest absolute Gasteiger partial charge is 0.232 e. The predicted molar refractivity (Wildman–Crippen MR) is 113 cm³/mol. The summed E-state index contributed by atoms with van der Waals surface area (Å²) in [5.41, 5.74) is 4.16. The molecule has 1 amide bonds. The molecule has 0 atom stereocenters. The predicted octanol–water partition coefficient (Wildman–Crippen LogP) is 3.90. The molecule has 4 aromatic rings. The second kappa shape index (κ2) is 7.52. The number of H-pyrrole nitrogens is 1. The van der Waals surface area contributed by atoms with E-state index in [1.807, 2.05) is 41.1 Å². The Hall–Kier alpha value is -3.06. The third-order valence-corrected chi connectivity index (χ3v) is 5.46. The van der Waals surface area contributed by atoms with E-state index < -0.39 is 0 Å². The summed E-state index contributed by atoms with van der Waals surface area (Å²) in [5.74, 6) is 1.10. The van der Waals surface area contributed by atoms with Gasteiger partial charge in [0, 0.05) is 42.4 Å². The number of carbonyl (C=O) groups is 1. The van der Waals surface area contributed by atoms with Gasteiger partial charge in [-0.2, -0.15) is 0 Å². The van der Waals surface area contributed by atoms with Crippen LogP contribution in [0, 0.1) is 6.92 Å². The first-order valence-corrected chi connectivity index (χ1v) is 9.95. The number of benzene rings is 2. The van der Waals surface area contributed by atoms with E-state index in [2.05, 4.69) is 40.3 Å². The van der Waals surface area contributed by atoms with Crippen molar-refractivity contribution in [2.75, 3.05) is 19.8 Å². The third-order valence-electron chi connectivity index (χ3n) is 4.55. The summed E-state index contributed by atoms with van der Waals surface area (Å²) >= 11 is 1.40. The fraction of sp³-hybridized carbons (Fsp3) is 0.190. The summed E-state index contributed by atoms with van der Waals surface area (Å²) in [6, 6.07) is 16.3. The quantitative estimate of drug-likeness (QED) is 0.524. The second-order valence-corrected chi connectivity index (χ2v) is 7.75. The molecule has 4 rings (SSSR count). The Balaban J connectivity index is 1.84. The molecule has 0 saturated heterocycles. The van der Waals surface area contributed by atoms with Crippen LogP contribution in [-0.4, -0.2) is 50.4 Å². The number of hydrogen-bond donors (Lipinski definition) is 1. The molecule has 0 aliphatic rings. The maximum Gasteiger partial charge on any atom is 0.232 e. The average molecular weight is 392 g/mol. The van der Waals surface area contributed by atoms with Gasteiger partial charge in [0.15, 0.2) is 11.0 Å². The number of nitrogens with one attached hydrogen (secondary N) is 1. The lowest BCUT2D eigenvalue weighted by molar-refractivity contribution is -0.125. The van der Waals surface area contributed by atoms with Crippen LogP contribution in [0.15, 0.2) is 59.9 Å². The van der Waals surface area contributed by atoms with E-state index in [4.69, 9.17) is 0 Å². The Morgan fingerprint density at radius 1 is 1.14 bits per heavy atom. The number of aromatic nitrogens is 4. The summed E-state index contributed by atoms with van der Waals surface area (Å²) < 4.78 is 2.02. The third kappa shape index (κ3) is 3.41. The number of para-hydroxylation sites is 1. The molecule has 0 aliphatic carbocycles. The summed E-state index contributed by atoms with van der Waals surface area (Å²) in [7, 11) is 3.51. The standard InChI is InChI=1S/C21H21N5OS/c1-14-7-6-8-15(11-14)26-20(17-12-22-18-10-5-4-9-16(17)18)23-24-21(26)28-13-19(27)25(2)3/h4-12,22H,13H2,1-3H3. The van der Waals surface area contributed by atoms with Gasteiger partial charge < -0.3 is 9.88 Å². The van der Waals surface area contributed by atoms with Crippen molar-refractivity contribution in [2.45, 2.75) is 12.1 Å². The molecule has 0 saturated carbocycles. The van der Waals surface area contributed by atoms with Crippen LogP contribution in [0.2, 0.25) is 0 Å². The number of fused-ring (bicyclic) bond motifs is 1. The van der Waals surface area contributed by atoms with Gasteiger partial charge in [0.1, 0.15) is 0 Å². The minimum atomic E-state index is 0.0393. The van der Waals surface area contributed by atoms with Crippen molar-refractivity contribution in [3.05, 3.63) is 60.3 Å². The minimum Gasteiger partial charge on any atom is -0.360 e. The molecule has 2 aromatic heterocycles. The van der Waals surface area contributed by atoms with Crippen LogP contribution in [0.5, 0.6) is 0 Å². The molecule has 0 aliphatic heterocycles. The fourth-order valence-electron chi connectivity index (χ4n) is 3.05. The molecule has 0 spiro atoms. The zero-order chi connectivity index (χ0) is 19.7. The van der Waals surface area contributed by atoms with E-state index in [0.717, 1.165) is 33.5 Å². The van der Waals surface area contributed by atoms with Crippen molar-refractivity contribution in [3.63, 3.8) is 0 Å². The van der Waals surface area contributed by atoms with Crippen LogP contribution in [0.3, 0.4) is 0 Å². The average Bonchev–Trinajstić information content (AvgIpc) is 3.29. The van der Waals surface area contributed by atoms with E-state index in [0.29, 0.717) is 10.9 Å². The summed E-state index contributed by atoms with van der Waals surface area (Å²) in [6.45, 7) is 2.06. The van der Waals surface area contributed by atoms with E-state index in [1.54, 1.807) is 19.0 Å². The number of rotatable bonds is 5. The molecule has 2 aromatic carbocycles. The molecule has 28 heavy (non-hydrogen) atoms. The van der Waals surface area contributed by atoms with Gasteiger partial charge in [-0.05, 0) is 30.7 Å². The normalized spacial score (nSPS) is 11.1. The van der Waals surface area contributed by atoms with Gasteiger partial charge in [0.2, 0.25) is 5.91 Å². The van der Waals surface area contributed by atoms with Crippen molar-refractivity contribution in [1.82, 2.24) is 24.6 Å². The van der Waals surface area contributed by atoms with Gasteiger partial charge in [0.05, 0.1) is 5.75 Å². The molecule has 0 unspecified atom stereocenters. The van der Waals surface area contributed by atoms with Gasteiger partial charge in [-0.3, -0.25) is 9.36 Å². The van der Waals surface area contributed by atoms with E-state index in [9.17, 15) is 4.79 Å². The number of nitrogens with zero attached hydrogens (tertiary/aromatic N) is 4. The Bertz CT molecular complexity index is 1140. The van der Waals surface area contributed by atoms with Crippen LogP contribution < -0.4 is 0 Å². The Morgan fingerprint density at radius 2 is 1.96 bits per heavy atom. The maximum atomic E-state index is 12.1. The lowest BCUT2D eigenvalue weighted by Gasteiger charge is -2.12.